The fourth-order valence-corrected chi connectivity index (χ4v) is 1.04. The van der Waals surface area contributed by atoms with Gasteiger partial charge >= 0.3 is 0 Å². The Hall–Kier alpha value is -0.890. The zero-order valence-corrected chi connectivity index (χ0v) is 7.38. The highest BCUT2D eigenvalue weighted by Crippen LogP contribution is 2.06. The van der Waals surface area contributed by atoms with Crippen molar-refractivity contribution < 1.29 is 9.13 Å². The summed E-state index contributed by atoms with van der Waals surface area (Å²) >= 11 is 0. The Bertz CT molecular complexity index is 230. The predicted octanol–water partition coefficient (Wildman–Crippen LogP) is 2.40. The van der Waals surface area contributed by atoms with Gasteiger partial charge in [-0.25, -0.2) is 4.39 Å². The molecule has 0 aliphatic carbocycles. The molecule has 0 aromatic heterocycles. The average molecular weight is 168 g/mol. The van der Waals surface area contributed by atoms with Crippen LogP contribution in [0.3, 0.4) is 0 Å². The number of methoxy groups -OCH3 is 1. The Morgan fingerprint density at radius 1 is 1.33 bits per heavy atom. The van der Waals surface area contributed by atoms with Gasteiger partial charge in [-0.3, -0.25) is 0 Å². The van der Waals surface area contributed by atoms with Crippen LogP contribution in [0.25, 0.3) is 0 Å². The second kappa shape index (κ2) is 4.21. The molecule has 1 atom stereocenters. The molecule has 1 aromatic carbocycles. The Balaban J connectivity index is 2.58. The monoisotopic (exact) mass is 168 g/mol. The molecule has 0 saturated carbocycles. The lowest BCUT2D eigenvalue weighted by molar-refractivity contribution is 0.119. The van der Waals surface area contributed by atoms with Crippen LogP contribution in [0, 0.1) is 5.82 Å². The van der Waals surface area contributed by atoms with Crippen molar-refractivity contribution in [2.24, 2.45) is 0 Å². The van der Waals surface area contributed by atoms with Gasteiger partial charge in [-0.05, 0) is 31.0 Å². The van der Waals surface area contributed by atoms with E-state index in [9.17, 15) is 4.39 Å². The summed E-state index contributed by atoms with van der Waals surface area (Å²) in [6, 6.07) is 6.51. The van der Waals surface area contributed by atoms with Gasteiger partial charge in [0.25, 0.3) is 0 Å². The first-order valence-electron chi connectivity index (χ1n) is 3.99. The molecule has 0 aliphatic heterocycles. The van der Waals surface area contributed by atoms with Gasteiger partial charge in [-0.2, -0.15) is 0 Å². The number of hydrogen-bond acceptors (Lipinski definition) is 1. The zero-order valence-electron chi connectivity index (χ0n) is 7.38. The van der Waals surface area contributed by atoms with E-state index in [1.807, 2.05) is 6.92 Å². The maximum absolute atomic E-state index is 12.5. The second-order valence-corrected chi connectivity index (χ2v) is 2.88. The Morgan fingerprint density at radius 2 is 1.92 bits per heavy atom. The molecule has 1 rings (SSSR count). The van der Waals surface area contributed by atoms with Crippen molar-refractivity contribution in [2.45, 2.75) is 19.4 Å². The summed E-state index contributed by atoms with van der Waals surface area (Å²) in [5.41, 5.74) is 1.10. The van der Waals surface area contributed by atoms with Crippen molar-refractivity contribution in [1.29, 1.82) is 0 Å². The maximum Gasteiger partial charge on any atom is 0.123 e. The quantitative estimate of drug-likeness (QED) is 0.673. The molecule has 0 saturated heterocycles. The summed E-state index contributed by atoms with van der Waals surface area (Å²) in [5.74, 6) is -0.191. The molecular weight excluding hydrogens is 155 g/mol. The molecular formula is C10H13FO. The molecule has 1 nitrogen and oxygen atoms in total. The topological polar surface area (TPSA) is 9.23 Å². The fraction of sp³-hybridized carbons (Fsp3) is 0.400. The molecule has 0 amide bonds. The minimum Gasteiger partial charge on any atom is -0.381 e. The van der Waals surface area contributed by atoms with Gasteiger partial charge < -0.3 is 4.74 Å². The second-order valence-electron chi connectivity index (χ2n) is 2.88. The van der Waals surface area contributed by atoms with Crippen LogP contribution in [0.15, 0.2) is 24.3 Å². The van der Waals surface area contributed by atoms with Crippen molar-refractivity contribution in [3.63, 3.8) is 0 Å². The number of ether oxygens (including phenoxy) is 1. The van der Waals surface area contributed by atoms with Gasteiger partial charge in [0.15, 0.2) is 0 Å². The minimum absolute atomic E-state index is 0.190. The van der Waals surface area contributed by atoms with E-state index in [-0.39, 0.29) is 11.9 Å². The lowest BCUT2D eigenvalue weighted by Crippen LogP contribution is -2.08. The zero-order chi connectivity index (χ0) is 8.97. The minimum atomic E-state index is -0.191. The lowest BCUT2D eigenvalue weighted by Gasteiger charge is -2.08. The highest BCUT2D eigenvalue weighted by atomic mass is 19.1. The molecule has 0 fully saturated rings. The highest BCUT2D eigenvalue weighted by Gasteiger charge is 2.00. The van der Waals surface area contributed by atoms with Crippen LogP contribution in [0.1, 0.15) is 12.5 Å². The van der Waals surface area contributed by atoms with Crippen LogP contribution in [-0.4, -0.2) is 13.2 Å². The molecule has 1 aromatic rings. The van der Waals surface area contributed by atoms with Crippen LogP contribution < -0.4 is 0 Å². The maximum atomic E-state index is 12.5. The van der Waals surface area contributed by atoms with Crippen molar-refractivity contribution in [2.75, 3.05) is 7.11 Å². The summed E-state index contributed by atoms with van der Waals surface area (Å²) in [6.07, 6.45) is 1.02. The molecule has 0 heterocycles. The molecule has 1 unspecified atom stereocenters. The van der Waals surface area contributed by atoms with Crippen LogP contribution in [0.5, 0.6) is 0 Å². The standard InChI is InChI=1S/C10H13FO/c1-8(12-2)7-9-3-5-10(11)6-4-9/h3-6,8H,7H2,1-2H3. The van der Waals surface area contributed by atoms with E-state index in [2.05, 4.69) is 0 Å². The first-order chi connectivity index (χ1) is 5.72. The van der Waals surface area contributed by atoms with Crippen LogP contribution in [0.2, 0.25) is 0 Å². The van der Waals surface area contributed by atoms with Crippen LogP contribution in [0.4, 0.5) is 4.39 Å². The molecule has 2 heteroatoms. The molecule has 66 valence electrons. The van der Waals surface area contributed by atoms with Crippen LogP contribution >= 0.6 is 0 Å². The molecule has 0 radical (unpaired) electrons. The summed E-state index contributed by atoms with van der Waals surface area (Å²) in [4.78, 5) is 0. The van der Waals surface area contributed by atoms with Gasteiger partial charge in [-0.15, -0.1) is 0 Å². The average Bonchev–Trinajstić information content (AvgIpc) is 2.09. The van der Waals surface area contributed by atoms with E-state index in [0.717, 1.165) is 12.0 Å². The van der Waals surface area contributed by atoms with Crippen molar-refractivity contribution in [3.8, 4) is 0 Å². The van der Waals surface area contributed by atoms with Crippen LogP contribution in [-0.2, 0) is 11.2 Å². The normalized spacial score (nSPS) is 12.9. The molecule has 0 N–H and O–H groups in total. The Morgan fingerprint density at radius 3 is 2.42 bits per heavy atom. The summed E-state index contributed by atoms with van der Waals surface area (Å²) in [6.45, 7) is 1.99. The van der Waals surface area contributed by atoms with Crippen molar-refractivity contribution in [1.82, 2.24) is 0 Å². The fourth-order valence-electron chi connectivity index (χ4n) is 1.04. The molecule has 0 aliphatic rings. The summed E-state index contributed by atoms with van der Waals surface area (Å²) in [5, 5.41) is 0. The van der Waals surface area contributed by atoms with Gasteiger partial charge in [0, 0.05) is 7.11 Å². The number of hydrogen-bond donors (Lipinski definition) is 0. The van der Waals surface area contributed by atoms with E-state index in [1.165, 1.54) is 12.1 Å². The van der Waals surface area contributed by atoms with Crippen molar-refractivity contribution >= 4 is 0 Å². The van der Waals surface area contributed by atoms with E-state index < -0.39 is 0 Å². The van der Waals surface area contributed by atoms with Gasteiger partial charge in [-0.1, -0.05) is 12.1 Å². The highest BCUT2D eigenvalue weighted by molar-refractivity contribution is 5.16. The summed E-state index contributed by atoms with van der Waals surface area (Å²) in [7, 11) is 1.67. The number of halogens is 1. The molecule has 0 spiro atoms. The molecule has 0 bridgehead atoms. The largest absolute Gasteiger partial charge is 0.381 e. The third kappa shape index (κ3) is 2.62. The lowest BCUT2D eigenvalue weighted by atomic mass is 10.1. The van der Waals surface area contributed by atoms with Gasteiger partial charge in [0.2, 0.25) is 0 Å². The Labute approximate surface area is 72.2 Å². The van der Waals surface area contributed by atoms with E-state index in [0.29, 0.717) is 0 Å². The SMILES string of the molecule is COC(C)Cc1ccc(F)cc1. The first kappa shape index (κ1) is 9.20. The Kier molecular flexibility index (Phi) is 3.23. The number of rotatable bonds is 3. The van der Waals surface area contributed by atoms with E-state index in [4.69, 9.17) is 4.74 Å². The molecule has 12 heavy (non-hydrogen) atoms. The smallest absolute Gasteiger partial charge is 0.123 e. The third-order valence-corrected chi connectivity index (χ3v) is 1.84. The first-order valence-corrected chi connectivity index (χ1v) is 3.99. The number of benzene rings is 1. The predicted molar refractivity (Wildman–Crippen MR) is 46.6 cm³/mol. The third-order valence-electron chi connectivity index (χ3n) is 1.84. The van der Waals surface area contributed by atoms with E-state index >= 15 is 0 Å². The van der Waals surface area contributed by atoms with Crippen molar-refractivity contribution in [3.05, 3.63) is 35.6 Å². The van der Waals surface area contributed by atoms with E-state index in [1.54, 1.807) is 19.2 Å². The van der Waals surface area contributed by atoms with Gasteiger partial charge in [0.1, 0.15) is 5.82 Å². The van der Waals surface area contributed by atoms with Gasteiger partial charge in [0.05, 0.1) is 6.10 Å². The summed E-state index contributed by atoms with van der Waals surface area (Å²) < 4.78 is 17.6.